The summed E-state index contributed by atoms with van der Waals surface area (Å²) in [5, 5.41) is 0.627. The first kappa shape index (κ1) is 25.2. The molecule has 2 heterocycles. The summed E-state index contributed by atoms with van der Waals surface area (Å²) in [6.45, 7) is 0. The molecule has 0 unspecified atom stereocenters. The Morgan fingerprint density at radius 3 is 1.63 bits per heavy atom. The minimum Gasteiger partial charge on any atom is -0.310 e. The van der Waals surface area contributed by atoms with Gasteiger partial charge in [0.05, 0.1) is 21.1 Å². The second kappa shape index (κ2) is 10.4. The van der Waals surface area contributed by atoms with E-state index in [1.807, 2.05) is 36.4 Å². The standard InChI is InChI=1S/C38H25N3OS/c42-37-33-13-7-8-14-34(33)41-35-24-23-32(25-36(35)43-38(41)39-37)40(30-19-15-28(16-20-30)26-9-3-1-4-10-26)31-21-17-29(18-22-31)27-11-5-2-6-12-27/h1-25H. The molecule has 8 aromatic rings. The van der Waals surface area contributed by atoms with Crippen LogP contribution >= 0.6 is 11.3 Å². The van der Waals surface area contributed by atoms with Gasteiger partial charge in [-0.2, -0.15) is 4.98 Å². The first-order valence-corrected chi connectivity index (χ1v) is 15.0. The lowest BCUT2D eigenvalue weighted by Crippen LogP contribution is -2.10. The third kappa shape index (κ3) is 4.47. The molecule has 0 saturated heterocycles. The van der Waals surface area contributed by atoms with E-state index in [-0.39, 0.29) is 5.56 Å². The average Bonchev–Trinajstić information content (AvgIpc) is 3.44. The predicted molar refractivity (Wildman–Crippen MR) is 180 cm³/mol. The van der Waals surface area contributed by atoms with Crippen molar-refractivity contribution in [1.82, 2.24) is 9.38 Å². The van der Waals surface area contributed by atoms with Crippen molar-refractivity contribution in [3.8, 4) is 22.3 Å². The van der Waals surface area contributed by atoms with Crippen LogP contribution in [0.1, 0.15) is 0 Å². The summed E-state index contributed by atoms with van der Waals surface area (Å²) >= 11 is 1.54. The largest absolute Gasteiger partial charge is 0.310 e. The Hall–Kier alpha value is -5.52. The molecule has 0 aliphatic heterocycles. The van der Waals surface area contributed by atoms with Gasteiger partial charge in [-0.15, -0.1) is 0 Å². The maximum atomic E-state index is 12.7. The van der Waals surface area contributed by atoms with Crippen LogP contribution in [0.15, 0.2) is 156 Å². The van der Waals surface area contributed by atoms with Gasteiger partial charge in [-0.05, 0) is 76.9 Å². The molecule has 2 aromatic heterocycles. The van der Waals surface area contributed by atoms with Crippen molar-refractivity contribution in [2.45, 2.75) is 0 Å². The van der Waals surface area contributed by atoms with Crippen LogP contribution < -0.4 is 10.5 Å². The Morgan fingerprint density at radius 1 is 0.512 bits per heavy atom. The van der Waals surface area contributed by atoms with Gasteiger partial charge in [-0.3, -0.25) is 9.20 Å². The number of rotatable bonds is 5. The van der Waals surface area contributed by atoms with Gasteiger partial charge in [0, 0.05) is 17.1 Å². The molecule has 0 aliphatic rings. The molecule has 0 bridgehead atoms. The fourth-order valence-corrected chi connectivity index (χ4v) is 6.83. The third-order valence-electron chi connectivity index (χ3n) is 7.87. The number of thiazole rings is 1. The van der Waals surface area contributed by atoms with E-state index in [9.17, 15) is 4.79 Å². The molecule has 204 valence electrons. The highest BCUT2D eigenvalue weighted by molar-refractivity contribution is 7.23. The van der Waals surface area contributed by atoms with Gasteiger partial charge in [0.25, 0.3) is 5.56 Å². The first-order chi connectivity index (χ1) is 21.2. The number of hydrogen-bond donors (Lipinski definition) is 0. The van der Waals surface area contributed by atoms with Gasteiger partial charge >= 0.3 is 0 Å². The molecule has 43 heavy (non-hydrogen) atoms. The highest BCUT2D eigenvalue weighted by atomic mass is 32.1. The van der Waals surface area contributed by atoms with E-state index in [2.05, 4.69) is 130 Å². The summed E-state index contributed by atoms with van der Waals surface area (Å²) in [7, 11) is 0. The van der Waals surface area contributed by atoms with Crippen LogP contribution in [0.4, 0.5) is 17.1 Å². The zero-order valence-electron chi connectivity index (χ0n) is 23.1. The van der Waals surface area contributed by atoms with Crippen molar-refractivity contribution >= 4 is 54.5 Å². The minimum absolute atomic E-state index is 0.194. The predicted octanol–water partition coefficient (Wildman–Crippen LogP) is 9.87. The number of para-hydroxylation sites is 1. The molecule has 4 nitrogen and oxygen atoms in total. The molecule has 5 heteroatoms. The van der Waals surface area contributed by atoms with Gasteiger partial charge in [0.1, 0.15) is 0 Å². The zero-order valence-corrected chi connectivity index (χ0v) is 23.9. The Kier molecular flexibility index (Phi) is 6.09. The quantitative estimate of drug-likeness (QED) is 0.206. The van der Waals surface area contributed by atoms with Crippen molar-refractivity contribution in [2.75, 3.05) is 4.90 Å². The molecule has 6 aromatic carbocycles. The summed E-state index contributed by atoms with van der Waals surface area (Å²) in [6.07, 6.45) is 0. The van der Waals surface area contributed by atoms with Crippen molar-refractivity contribution in [3.63, 3.8) is 0 Å². The maximum absolute atomic E-state index is 12.7. The van der Waals surface area contributed by atoms with Gasteiger partial charge in [0.2, 0.25) is 0 Å². The molecule has 0 fully saturated rings. The van der Waals surface area contributed by atoms with Crippen molar-refractivity contribution < 1.29 is 0 Å². The molecule has 0 saturated carbocycles. The van der Waals surface area contributed by atoms with E-state index in [4.69, 9.17) is 0 Å². The van der Waals surface area contributed by atoms with Crippen LogP contribution in [-0.2, 0) is 0 Å². The Morgan fingerprint density at radius 2 is 1.02 bits per heavy atom. The minimum atomic E-state index is -0.194. The van der Waals surface area contributed by atoms with Gasteiger partial charge in [0.15, 0.2) is 4.96 Å². The van der Waals surface area contributed by atoms with Crippen molar-refractivity contribution in [3.05, 3.63) is 162 Å². The number of anilines is 3. The van der Waals surface area contributed by atoms with Crippen molar-refractivity contribution in [1.29, 1.82) is 0 Å². The molecule has 0 amide bonds. The number of nitrogens with zero attached hydrogens (tertiary/aromatic N) is 3. The number of benzene rings is 6. The third-order valence-corrected chi connectivity index (χ3v) is 8.88. The summed E-state index contributed by atoms with van der Waals surface area (Å²) in [5.41, 5.74) is 9.59. The molecule has 0 radical (unpaired) electrons. The van der Waals surface area contributed by atoms with Gasteiger partial charge in [-0.25, -0.2) is 0 Å². The van der Waals surface area contributed by atoms with Gasteiger partial charge in [-0.1, -0.05) is 108 Å². The SMILES string of the molecule is O=c1nc2sc3cc(N(c4ccc(-c5ccccc5)cc4)c4ccc(-c5ccccc5)cc4)ccc3n2c2ccccc12. The van der Waals surface area contributed by atoms with Crippen molar-refractivity contribution in [2.24, 2.45) is 0 Å². The fraction of sp³-hybridized carbons (Fsp3) is 0. The number of fused-ring (bicyclic) bond motifs is 5. The Balaban J connectivity index is 1.28. The lowest BCUT2D eigenvalue weighted by Gasteiger charge is -2.26. The van der Waals surface area contributed by atoms with Crippen LogP contribution in [-0.4, -0.2) is 9.38 Å². The normalized spacial score (nSPS) is 11.3. The first-order valence-electron chi connectivity index (χ1n) is 14.2. The lowest BCUT2D eigenvalue weighted by molar-refractivity contribution is 1.21. The molecule has 0 N–H and O–H groups in total. The van der Waals surface area contributed by atoms with E-state index >= 15 is 0 Å². The lowest BCUT2D eigenvalue weighted by atomic mass is 10.0. The van der Waals surface area contributed by atoms with E-state index in [1.165, 1.54) is 33.6 Å². The van der Waals surface area contributed by atoms with E-state index in [0.717, 1.165) is 32.8 Å². The van der Waals surface area contributed by atoms with E-state index in [0.29, 0.717) is 10.3 Å². The topological polar surface area (TPSA) is 37.6 Å². The highest BCUT2D eigenvalue weighted by Crippen LogP contribution is 2.39. The molecule has 8 rings (SSSR count). The molecular weight excluding hydrogens is 547 g/mol. The average molecular weight is 572 g/mol. The summed E-state index contributed by atoms with van der Waals surface area (Å²) in [5.74, 6) is 0. The summed E-state index contributed by atoms with van der Waals surface area (Å²) in [6, 6.07) is 52.4. The molecule has 0 atom stereocenters. The Labute approximate surface area is 252 Å². The molecule has 0 aliphatic carbocycles. The van der Waals surface area contributed by atoms with E-state index in [1.54, 1.807) is 0 Å². The monoisotopic (exact) mass is 571 g/mol. The second-order valence-electron chi connectivity index (χ2n) is 10.5. The van der Waals surface area contributed by atoms with Gasteiger partial charge < -0.3 is 4.90 Å². The molecule has 0 spiro atoms. The number of aromatic nitrogens is 2. The van der Waals surface area contributed by atoms with Crippen LogP contribution in [0.25, 0.3) is 48.3 Å². The highest BCUT2D eigenvalue weighted by Gasteiger charge is 2.17. The van der Waals surface area contributed by atoms with E-state index < -0.39 is 0 Å². The van der Waals surface area contributed by atoms with Crippen LogP contribution in [0.3, 0.4) is 0 Å². The second-order valence-corrected chi connectivity index (χ2v) is 11.5. The molecular formula is C38H25N3OS. The maximum Gasteiger partial charge on any atom is 0.281 e. The van der Waals surface area contributed by atoms with Crippen LogP contribution in [0.2, 0.25) is 0 Å². The Bertz CT molecular complexity index is 2210. The van der Waals surface area contributed by atoms with Crippen LogP contribution in [0, 0.1) is 0 Å². The number of hydrogen-bond acceptors (Lipinski definition) is 4. The fourth-order valence-electron chi connectivity index (χ4n) is 5.77. The summed E-state index contributed by atoms with van der Waals surface area (Å²) < 4.78 is 3.15. The zero-order chi connectivity index (χ0) is 28.8. The van der Waals surface area contributed by atoms with Crippen LogP contribution in [0.5, 0.6) is 0 Å². The smallest absolute Gasteiger partial charge is 0.281 e. The summed E-state index contributed by atoms with van der Waals surface area (Å²) in [4.78, 5) is 20.1.